The number of aromatic amines is 1. The first-order chi connectivity index (χ1) is 9.56. The molecule has 0 aliphatic carbocycles. The molecule has 1 unspecified atom stereocenters. The van der Waals surface area contributed by atoms with Crippen LogP contribution >= 0.6 is 11.8 Å². The van der Waals surface area contributed by atoms with Gasteiger partial charge in [0.15, 0.2) is 0 Å². The fourth-order valence-corrected chi connectivity index (χ4v) is 3.78. The maximum Gasteiger partial charge on any atom is 0.268 e. The molecule has 2 heterocycles. The monoisotopic (exact) mass is 288 g/mol. The van der Waals surface area contributed by atoms with E-state index in [9.17, 15) is 9.59 Å². The van der Waals surface area contributed by atoms with Crippen LogP contribution in [-0.4, -0.2) is 15.0 Å². The third-order valence-corrected chi connectivity index (χ3v) is 5.11. The van der Waals surface area contributed by atoms with Crippen LogP contribution in [0.5, 0.6) is 0 Å². The zero-order valence-electron chi connectivity index (χ0n) is 11.5. The average Bonchev–Trinajstić information content (AvgIpc) is 2.84. The molecule has 104 valence electrons. The lowest BCUT2D eigenvalue weighted by atomic mass is 10.1. The lowest BCUT2D eigenvalue weighted by Gasteiger charge is -2.12. The van der Waals surface area contributed by atoms with Crippen LogP contribution in [0.4, 0.5) is 0 Å². The van der Waals surface area contributed by atoms with Gasteiger partial charge in [-0.1, -0.05) is 18.2 Å². The first kappa shape index (κ1) is 13.2. The van der Waals surface area contributed by atoms with Crippen molar-refractivity contribution in [1.82, 2.24) is 9.78 Å². The van der Waals surface area contributed by atoms with E-state index in [1.165, 1.54) is 15.1 Å². The molecule has 1 aromatic carbocycles. The lowest BCUT2D eigenvalue weighted by molar-refractivity contribution is 0.549. The second-order valence-electron chi connectivity index (χ2n) is 5.16. The summed E-state index contributed by atoms with van der Waals surface area (Å²) in [6, 6.07) is 8.28. The van der Waals surface area contributed by atoms with Crippen LogP contribution in [0.2, 0.25) is 0 Å². The summed E-state index contributed by atoms with van der Waals surface area (Å²) in [5.74, 6) is 0. The van der Waals surface area contributed by atoms with Crippen molar-refractivity contribution in [3.63, 3.8) is 0 Å². The van der Waals surface area contributed by atoms with Crippen LogP contribution in [0.1, 0.15) is 16.7 Å². The predicted octanol–water partition coefficient (Wildman–Crippen LogP) is 1.87. The zero-order chi connectivity index (χ0) is 14.3. The summed E-state index contributed by atoms with van der Waals surface area (Å²) in [5, 5.41) is 2.97. The number of rotatable bonds is 2. The van der Waals surface area contributed by atoms with Gasteiger partial charge in [0, 0.05) is 21.3 Å². The van der Waals surface area contributed by atoms with Gasteiger partial charge in [-0.3, -0.25) is 14.7 Å². The van der Waals surface area contributed by atoms with Crippen molar-refractivity contribution in [2.24, 2.45) is 0 Å². The Labute approximate surface area is 120 Å². The molecule has 1 aliphatic rings. The summed E-state index contributed by atoms with van der Waals surface area (Å²) in [7, 11) is 0. The van der Waals surface area contributed by atoms with Gasteiger partial charge in [0.1, 0.15) is 0 Å². The molecule has 5 heteroatoms. The number of benzene rings is 1. The van der Waals surface area contributed by atoms with E-state index in [0.29, 0.717) is 22.9 Å². The van der Waals surface area contributed by atoms with E-state index in [2.05, 4.69) is 17.2 Å². The molecule has 1 atom stereocenters. The van der Waals surface area contributed by atoms with Gasteiger partial charge >= 0.3 is 0 Å². The standard InChI is InChI=1S/C15H16N2O2S/c1-9-10(2)15(19)17(16-14(9)18)8-12-7-11-5-3-4-6-13(11)20-12/h3-6,12H,7-8H2,1-2H3,(H,16,18). The molecule has 0 radical (unpaired) electrons. The van der Waals surface area contributed by atoms with E-state index >= 15 is 0 Å². The van der Waals surface area contributed by atoms with Gasteiger partial charge in [0.25, 0.3) is 11.1 Å². The van der Waals surface area contributed by atoms with Gasteiger partial charge in [-0.05, 0) is 31.9 Å². The second kappa shape index (κ2) is 4.98. The van der Waals surface area contributed by atoms with Crippen molar-refractivity contribution in [2.75, 3.05) is 0 Å². The van der Waals surface area contributed by atoms with Gasteiger partial charge < -0.3 is 0 Å². The summed E-state index contributed by atoms with van der Waals surface area (Å²) in [4.78, 5) is 25.2. The zero-order valence-corrected chi connectivity index (χ0v) is 12.3. The first-order valence-corrected chi connectivity index (χ1v) is 7.49. The largest absolute Gasteiger partial charge is 0.268 e. The van der Waals surface area contributed by atoms with Crippen molar-refractivity contribution in [3.05, 3.63) is 61.7 Å². The molecule has 0 spiro atoms. The quantitative estimate of drug-likeness (QED) is 0.918. The number of H-pyrrole nitrogens is 1. The third-order valence-electron chi connectivity index (χ3n) is 3.81. The van der Waals surface area contributed by atoms with Crippen molar-refractivity contribution >= 4 is 11.8 Å². The highest BCUT2D eigenvalue weighted by Gasteiger charge is 2.23. The number of nitrogens with one attached hydrogen (secondary N) is 1. The molecule has 0 amide bonds. The highest BCUT2D eigenvalue weighted by Crippen LogP contribution is 2.37. The predicted molar refractivity (Wildman–Crippen MR) is 80.6 cm³/mol. The van der Waals surface area contributed by atoms with Crippen molar-refractivity contribution in [3.8, 4) is 0 Å². The van der Waals surface area contributed by atoms with E-state index < -0.39 is 0 Å². The molecule has 3 rings (SSSR count). The van der Waals surface area contributed by atoms with Crippen molar-refractivity contribution in [2.45, 2.75) is 37.0 Å². The highest BCUT2D eigenvalue weighted by molar-refractivity contribution is 8.00. The van der Waals surface area contributed by atoms with E-state index in [1.54, 1.807) is 25.6 Å². The first-order valence-electron chi connectivity index (χ1n) is 6.61. The van der Waals surface area contributed by atoms with Crippen LogP contribution in [-0.2, 0) is 13.0 Å². The number of hydrogen-bond acceptors (Lipinski definition) is 3. The van der Waals surface area contributed by atoms with Gasteiger partial charge in [-0.15, -0.1) is 11.8 Å². The Morgan fingerprint density at radius 3 is 2.75 bits per heavy atom. The van der Waals surface area contributed by atoms with Crippen molar-refractivity contribution in [1.29, 1.82) is 0 Å². The molecule has 0 bridgehead atoms. The summed E-state index contributed by atoms with van der Waals surface area (Å²) >= 11 is 1.77. The molecule has 2 aromatic rings. The van der Waals surface area contributed by atoms with Gasteiger partial charge in [-0.2, -0.15) is 0 Å². The van der Waals surface area contributed by atoms with E-state index in [1.807, 2.05) is 12.1 Å². The fraction of sp³-hybridized carbons (Fsp3) is 0.333. The normalized spacial score (nSPS) is 17.2. The Morgan fingerprint density at radius 1 is 1.25 bits per heavy atom. The molecule has 1 aliphatic heterocycles. The van der Waals surface area contributed by atoms with Crippen LogP contribution in [0.15, 0.2) is 38.8 Å². The topological polar surface area (TPSA) is 54.9 Å². The molecule has 1 aromatic heterocycles. The van der Waals surface area contributed by atoms with E-state index in [0.717, 1.165) is 6.42 Å². The third kappa shape index (κ3) is 2.22. The second-order valence-corrected chi connectivity index (χ2v) is 6.50. The minimum absolute atomic E-state index is 0.0985. The summed E-state index contributed by atoms with van der Waals surface area (Å²) in [6.07, 6.45) is 0.933. The minimum atomic E-state index is -0.178. The minimum Gasteiger partial charge on any atom is -0.268 e. The Morgan fingerprint density at radius 2 is 2.00 bits per heavy atom. The molecule has 4 nitrogen and oxygen atoms in total. The van der Waals surface area contributed by atoms with E-state index in [4.69, 9.17) is 0 Å². The number of aromatic nitrogens is 2. The van der Waals surface area contributed by atoms with E-state index in [-0.39, 0.29) is 11.1 Å². The Kier molecular flexibility index (Phi) is 3.30. The fourth-order valence-electron chi connectivity index (χ4n) is 2.48. The molecule has 0 saturated carbocycles. The summed E-state index contributed by atoms with van der Waals surface area (Å²) in [5.41, 5.74) is 2.09. The number of hydrogen-bond donors (Lipinski definition) is 1. The molecular formula is C15H16N2O2S. The smallest absolute Gasteiger partial charge is 0.268 e. The Bertz CT molecular complexity index is 751. The number of nitrogens with zero attached hydrogens (tertiary/aromatic N) is 1. The van der Waals surface area contributed by atoms with Crippen LogP contribution in [0.25, 0.3) is 0 Å². The summed E-state index contributed by atoms with van der Waals surface area (Å²) in [6.45, 7) is 3.93. The lowest BCUT2D eigenvalue weighted by Crippen LogP contribution is -2.35. The van der Waals surface area contributed by atoms with Gasteiger partial charge in [0.05, 0.1) is 6.54 Å². The number of fused-ring (bicyclic) bond motifs is 1. The van der Waals surface area contributed by atoms with Gasteiger partial charge in [-0.25, -0.2) is 4.68 Å². The molecular weight excluding hydrogens is 272 g/mol. The molecule has 0 fully saturated rings. The van der Waals surface area contributed by atoms with Crippen LogP contribution in [0, 0.1) is 13.8 Å². The molecule has 1 N–H and O–H groups in total. The number of thioether (sulfide) groups is 1. The van der Waals surface area contributed by atoms with Crippen molar-refractivity contribution < 1.29 is 0 Å². The Hall–Kier alpha value is -1.75. The maximum absolute atomic E-state index is 12.2. The SMILES string of the molecule is Cc1c(C)c(=O)n(CC2Cc3ccccc3S2)[nH]c1=O. The summed E-state index contributed by atoms with van der Waals surface area (Å²) < 4.78 is 1.45. The Balaban J connectivity index is 1.88. The molecule has 0 saturated heterocycles. The average molecular weight is 288 g/mol. The van der Waals surface area contributed by atoms with Crippen LogP contribution in [0.3, 0.4) is 0 Å². The highest BCUT2D eigenvalue weighted by atomic mass is 32.2. The van der Waals surface area contributed by atoms with Gasteiger partial charge in [0.2, 0.25) is 0 Å². The molecule has 20 heavy (non-hydrogen) atoms. The van der Waals surface area contributed by atoms with Crippen LogP contribution < -0.4 is 11.1 Å². The maximum atomic E-state index is 12.2.